The van der Waals surface area contributed by atoms with Crippen molar-refractivity contribution in [2.75, 3.05) is 4.31 Å². The Kier molecular flexibility index (Phi) is 3.24. The van der Waals surface area contributed by atoms with Crippen molar-refractivity contribution in [3.63, 3.8) is 0 Å². The molecule has 0 heterocycles. The number of hydrogen-bond donors (Lipinski definition) is 1. The summed E-state index contributed by atoms with van der Waals surface area (Å²) >= 11 is 4.79. The first kappa shape index (κ1) is 13.2. The maximum atomic E-state index is 4.79. The Bertz CT molecular complexity index is 872. The summed E-state index contributed by atoms with van der Waals surface area (Å²) in [7, 11) is 0. The standard InChI is InChI=1S/C20H15NS/c22-21(19-13-5-9-15-7-1-3-11-17(15)19)20-14-6-10-16-8-2-4-12-18(16)20/h1-14,22H. The van der Waals surface area contributed by atoms with Gasteiger partial charge in [0.1, 0.15) is 0 Å². The van der Waals surface area contributed by atoms with E-state index in [2.05, 4.69) is 84.9 Å². The molecule has 0 spiro atoms. The zero-order valence-corrected chi connectivity index (χ0v) is 12.9. The van der Waals surface area contributed by atoms with Crippen LogP contribution < -0.4 is 4.31 Å². The van der Waals surface area contributed by atoms with Crippen LogP contribution in [0.4, 0.5) is 11.4 Å². The van der Waals surface area contributed by atoms with Gasteiger partial charge >= 0.3 is 0 Å². The number of fused-ring (bicyclic) bond motifs is 2. The predicted molar refractivity (Wildman–Crippen MR) is 99.0 cm³/mol. The number of anilines is 2. The van der Waals surface area contributed by atoms with Gasteiger partial charge in [0.15, 0.2) is 0 Å². The maximum absolute atomic E-state index is 4.79. The fraction of sp³-hybridized carbons (Fsp3) is 0. The predicted octanol–water partition coefficient (Wildman–Crippen LogP) is 5.98. The van der Waals surface area contributed by atoms with E-state index >= 15 is 0 Å². The fourth-order valence-electron chi connectivity index (χ4n) is 2.92. The van der Waals surface area contributed by atoms with Crippen LogP contribution in [0.25, 0.3) is 21.5 Å². The van der Waals surface area contributed by atoms with Crippen molar-refractivity contribution < 1.29 is 0 Å². The zero-order chi connectivity index (χ0) is 14.9. The molecule has 0 aromatic heterocycles. The van der Waals surface area contributed by atoms with E-state index in [0.29, 0.717) is 0 Å². The van der Waals surface area contributed by atoms with Crippen molar-refractivity contribution in [3.05, 3.63) is 84.9 Å². The molecule has 4 rings (SSSR count). The second-order valence-corrected chi connectivity index (χ2v) is 5.71. The van der Waals surface area contributed by atoms with E-state index in [1.54, 1.807) is 0 Å². The van der Waals surface area contributed by atoms with E-state index < -0.39 is 0 Å². The van der Waals surface area contributed by atoms with Crippen molar-refractivity contribution in [3.8, 4) is 0 Å². The lowest BCUT2D eigenvalue weighted by Crippen LogP contribution is -2.03. The summed E-state index contributed by atoms with van der Waals surface area (Å²) < 4.78 is 1.98. The van der Waals surface area contributed by atoms with Gasteiger partial charge in [-0.05, 0) is 22.9 Å². The molecule has 1 nitrogen and oxygen atoms in total. The number of benzene rings is 4. The molecular formula is C20H15NS. The second kappa shape index (κ2) is 5.39. The topological polar surface area (TPSA) is 3.24 Å². The van der Waals surface area contributed by atoms with Crippen LogP contribution in [0.2, 0.25) is 0 Å². The smallest absolute Gasteiger partial charge is 0.0601 e. The van der Waals surface area contributed by atoms with E-state index in [1.165, 1.54) is 21.5 Å². The molecule has 0 saturated carbocycles. The summed E-state index contributed by atoms with van der Waals surface area (Å²) in [5.74, 6) is 0. The Hall–Kier alpha value is -2.45. The number of nitrogens with zero attached hydrogens (tertiary/aromatic N) is 1. The first-order valence-corrected chi connectivity index (χ1v) is 7.69. The van der Waals surface area contributed by atoms with E-state index in [0.717, 1.165) is 11.4 Å². The van der Waals surface area contributed by atoms with Crippen molar-refractivity contribution in [1.29, 1.82) is 0 Å². The van der Waals surface area contributed by atoms with Crippen LogP contribution in [0.3, 0.4) is 0 Å². The van der Waals surface area contributed by atoms with Gasteiger partial charge in [-0.25, -0.2) is 0 Å². The fourth-order valence-corrected chi connectivity index (χ4v) is 3.26. The Morgan fingerprint density at radius 1 is 0.500 bits per heavy atom. The SMILES string of the molecule is SN(c1cccc2ccccc12)c1cccc2ccccc12. The minimum atomic E-state index is 1.10. The minimum Gasteiger partial charge on any atom is -0.286 e. The molecule has 4 aromatic carbocycles. The highest BCUT2D eigenvalue weighted by atomic mass is 32.1. The third-order valence-corrected chi connectivity index (χ3v) is 4.42. The van der Waals surface area contributed by atoms with Crippen LogP contribution in [-0.2, 0) is 0 Å². The van der Waals surface area contributed by atoms with Crippen molar-refractivity contribution in [2.24, 2.45) is 0 Å². The average molecular weight is 301 g/mol. The first-order chi connectivity index (χ1) is 10.8. The summed E-state index contributed by atoms with van der Waals surface area (Å²) in [5, 5.41) is 4.85. The van der Waals surface area contributed by atoms with Gasteiger partial charge in [0.25, 0.3) is 0 Å². The molecule has 0 radical (unpaired) electrons. The lowest BCUT2D eigenvalue weighted by atomic mass is 10.1. The van der Waals surface area contributed by atoms with Gasteiger partial charge in [-0.15, -0.1) is 0 Å². The highest BCUT2D eigenvalue weighted by Gasteiger charge is 2.11. The van der Waals surface area contributed by atoms with Gasteiger partial charge in [-0.2, -0.15) is 0 Å². The molecule has 0 fully saturated rings. The van der Waals surface area contributed by atoms with Gasteiger partial charge in [0.2, 0.25) is 0 Å². The van der Waals surface area contributed by atoms with Crippen molar-refractivity contribution in [1.82, 2.24) is 0 Å². The number of rotatable bonds is 2. The quantitative estimate of drug-likeness (QED) is 0.446. The number of thiol groups is 1. The lowest BCUT2D eigenvalue weighted by molar-refractivity contribution is 1.49. The highest BCUT2D eigenvalue weighted by Crippen LogP contribution is 2.37. The lowest BCUT2D eigenvalue weighted by Gasteiger charge is -2.21. The van der Waals surface area contributed by atoms with E-state index in [-0.39, 0.29) is 0 Å². The third-order valence-electron chi connectivity index (χ3n) is 3.99. The molecule has 0 amide bonds. The van der Waals surface area contributed by atoms with E-state index in [1.807, 2.05) is 4.31 Å². The van der Waals surface area contributed by atoms with Gasteiger partial charge in [0, 0.05) is 10.8 Å². The Morgan fingerprint density at radius 3 is 1.41 bits per heavy atom. The average Bonchev–Trinajstić information content (AvgIpc) is 2.60. The maximum Gasteiger partial charge on any atom is 0.0601 e. The summed E-state index contributed by atoms with van der Waals surface area (Å²) in [6, 6.07) is 29.4. The largest absolute Gasteiger partial charge is 0.286 e. The van der Waals surface area contributed by atoms with Gasteiger partial charge < -0.3 is 0 Å². The summed E-state index contributed by atoms with van der Waals surface area (Å²) in [6.07, 6.45) is 0. The summed E-state index contributed by atoms with van der Waals surface area (Å²) in [6.45, 7) is 0. The molecular weight excluding hydrogens is 286 g/mol. The van der Waals surface area contributed by atoms with E-state index in [9.17, 15) is 0 Å². The Balaban J connectivity index is 1.94. The molecule has 0 aliphatic heterocycles. The molecule has 0 N–H and O–H groups in total. The molecule has 0 bridgehead atoms. The first-order valence-electron chi connectivity index (χ1n) is 7.29. The van der Waals surface area contributed by atoms with E-state index in [4.69, 9.17) is 12.8 Å². The van der Waals surface area contributed by atoms with Gasteiger partial charge in [-0.1, -0.05) is 85.6 Å². The zero-order valence-electron chi connectivity index (χ0n) is 12.0. The molecule has 106 valence electrons. The number of hydrogen-bond acceptors (Lipinski definition) is 2. The van der Waals surface area contributed by atoms with Crippen LogP contribution in [0.1, 0.15) is 0 Å². The Morgan fingerprint density at radius 2 is 0.909 bits per heavy atom. The van der Waals surface area contributed by atoms with Crippen LogP contribution in [-0.4, -0.2) is 0 Å². The van der Waals surface area contributed by atoms with Gasteiger partial charge in [0.05, 0.1) is 11.4 Å². The van der Waals surface area contributed by atoms with Crippen LogP contribution in [0, 0.1) is 0 Å². The van der Waals surface area contributed by atoms with Crippen LogP contribution >= 0.6 is 12.8 Å². The molecule has 0 saturated heterocycles. The van der Waals surface area contributed by atoms with Crippen LogP contribution in [0.15, 0.2) is 84.9 Å². The highest BCUT2D eigenvalue weighted by molar-refractivity contribution is 7.82. The summed E-state index contributed by atoms with van der Waals surface area (Å²) in [4.78, 5) is 0. The Labute approximate surface area is 135 Å². The molecule has 0 aliphatic carbocycles. The van der Waals surface area contributed by atoms with Crippen LogP contribution in [0.5, 0.6) is 0 Å². The molecule has 0 unspecified atom stereocenters. The monoisotopic (exact) mass is 301 g/mol. The molecule has 4 aromatic rings. The van der Waals surface area contributed by atoms with Gasteiger partial charge in [-0.3, -0.25) is 4.31 Å². The molecule has 22 heavy (non-hydrogen) atoms. The van der Waals surface area contributed by atoms with Crippen molar-refractivity contribution in [2.45, 2.75) is 0 Å². The normalized spacial score (nSPS) is 11.0. The molecule has 2 heteroatoms. The molecule has 0 aliphatic rings. The second-order valence-electron chi connectivity index (χ2n) is 5.31. The third kappa shape index (κ3) is 2.13. The molecule has 0 atom stereocenters. The summed E-state index contributed by atoms with van der Waals surface area (Å²) in [5.41, 5.74) is 2.19. The minimum absolute atomic E-state index is 1.10. The van der Waals surface area contributed by atoms with Crippen molar-refractivity contribution >= 4 is 45.7 Å².